The molecule has 4 rings (SSSR count). The number of hydrogen-bond donors (Lipinski definition) is 0. The molecule has 5 heteroatoms. The van der Waals surface area contributed by atoms with E-state index in [1.54, 1.807) is 11.8 Å². The van der Waals surface area contributed by atoms with Crippen LogP contribution in [0.1, 0.15) is 51.5 Å². The fourth-order valence-corrected chi connectivity index (χ4v) is 4.74. The number of thioether (sulfide) groups is 1. The number of likely N-dealkylation sites (tertiary alicyclic amines) is 1. The van der Waals surface area contributed by atoms with E-state index in [0.717, 1.165) is 31.1 Å². The standard InChI is InChI=1S/C21H27N3OS/c1-16(20(25)23-13-7-2-3-8-14-23)26-21-22-15-19(24(21)18-11-12-18)17-9-5-4-6-10-17/h4-6,9-10,15-16,18H,2-3,7-8,11-14H2,1H3. The number of carbonyl (C=O) groups excluding carboxylic acids is 1. The van der Waals surface area contributed by atoms with Gasteiger partial charge in [-0.1, -0.05) is 54.9 Å². The highest BCUT2D eigenvalue weighted by Crippen LogP contribution is 2.42. The van der Waals surface area contributed by atoms with Crippen molar-refractivity contribution in [2.24, 2.45) is 0 Å². The van der Waals surface area contributed by atoms with Crippen molar-refractivity contribution in [3.8, 4) is 11.3 Å². The van der Waals surface area contributed by atoms with Crippen molar-refractivity contribution in [3.63, 3.8) is 0 Å². The number of imidazole rings is 1. The number of aromatic nitrogens is 2. The van der Waals surface area contributed by atoms with E-state index in [-0.39, 0.29) is 11.2 Å². The van der Waals surface area contributed by atoms with Gasteiger partial charge in [-0.25, -0.2) is 4.98 Å². The molecule has 0 radical (unpaired) electrons. The zero-order valence-corrected chi connectivity index (χ0v) is 16.3. The minimum Gasteiger partial charge on any atom is -0.342 e. The van der Waals surface area contributed by atoms with E-state index in [1.165, 1.54) is 36.9 Å². The molecule has 1 aromatic carbocycles. The van der Waals surface area contributed by atoms with Gasteiger partial charge in [0.1, 0.15) is 0 Å². The van der Waals surface area contributed by atoms with Gasteiger partial charge in [0.2, 0.25) is 5.91 Å². The molecule has 138 valence electrons. The summed E-state index contributed by atoms with van der Waals surface area (Å²) in [5.41, 5.74) is 2.37. The minimum atomic E-state index is -0.0865. The number of nitrogens with zero attached hydrogens (tertiary/aromatic N) is 3. The molecule has 0 N–H and O–H groups in total. The predicted molar refractivity (Wildman–Crippen MR) is 106 cm³/mol. The molecule has 1 aromatic heterocycles. The Kier molecular flexibility index (Phi) is 5.34. The Hall–Kier alpha value is -1.75. The number of carbonyl (C=O) groups is 1. The monoisotopic (exact) mass is 369 g/mol. The second-order valence-electron chi connectivity index (χ2n) is 7.39. The van der Waals surface area contributed by atoms with Crippen molar-refractivity contribution in [3.05, 3.63) is 36.5 Å². The van der Waals surface area contributed by atoms with Gasteiger partial charge in [-0.05, 0) is 38.2 Å². The summed E-state index contributed by atoms with van der Waals surface area (Å²) in [5.74, 6) is 0.267. The molecular weight excluding hydrogens is 342 g/mol. The van der Waals surface area contributed by atoms with Gasteiger partial charge in [-0.3, -0.25) is 4.79 Å². The second-order valence-corrected chi connectivity index (χ2v) is 8.70. The Labute approximate surface area is 160 Å². The SMILES string of the molecule is CC(Sc1ncc(-c2ccccc2)n1C1CC1)C(=O)N1CCCCCC1. The van der Waals surface area contributed by atoms with Gasteiger partial charge >= 0.3 is 0 Å². The molecule has 0 bridgehead atoms. The first kappa shape index (κ1) is 17.7. The molecule has 1 amide bonds. The summed E-state index contributed by atoms with van der Waals surface area (Å²) in [5, 5.41) is 0.902. The molecule has 1 aliphatic carbocycles. The summed E-state index contributed by atoms with van der Waals surface area (Å²) in [4.78, 5) is 19.7. The summed E-state index contributed by atoms with van der Waals surface area (Å²) in [6, 6.07) is 11.0. The quantitative estimate of drug-likeness (QED) is 0.713. The van der Waals surface area contributed by atoms with Crippen molar-refractivity contribution in [1.82, 2.24) is 14.5 Å². The summed E-state index contributed by atoms with van der Waals surface area (Å²) >= 11 is 1.62. The van der Waals surface area contributed by atoms with Crippen LogP contribution in [0.4, 0.5) is 0 Å². The number of rotatable bonds is 5. The lowest BCUT2D eigenvalue weighted by atomic mass is 10.2. The highest BCUT2D eigenvalue weighted by Gasteiger charge is 2.31. The average molecular weight is 370 g/mol. The molecule has 2 fully saturated rings. The third kappa shape index (κ3) is 3.83. The molecule has 1 unspecified atom stereocenters. The van der Waals surface area contributed by atoms with E-state index in [4.69, 9.17) is 4.98 Å². The van der Waals surface area contributed by atoms with Gasteiger partial charge in [0.05, 0.1) is 17.1 Å². The van der Waals surface area contributed by atoms with Crippen LogP contribution >= 0.6 is 11.8 Å². The molecule has 2 aromatic rings. The van der Waals surface area contributed by atoms with Crippen molar-refractivity contribution in [2.45, 2.75) is 61.9 Å². The molecule has 1 saturated carbocycles. The van der Waals surface area contributed by atoms with E-state index in [1.807, 2.05) is 19.2 Å². The van der Waals surface area contributed by atoms with Crippen LogP contribution in [0.15, 0.2) is 41.7 Å². The predicted octanol–water partition coefficient (Wildman–Crippen LogP) is 4.77. The molecular formula is C21H27N3OS. The van der Waals surface area contributed by atoms with Crippen LogP contribution in [0.2, 0.25) is 0 Å². The van der Waals surface area contributed by atoms with Crippen LogP contribution in [-0.4, -0.2) is 38.7 Å². The lowest BCUT2D eigenvalue weighted by Gasteiger charge is -2.24. The van der Waals surface area contributed by atoms with Crippen LogP contribution in [-0.2, 0) is 4.79 Å². The Morgan fingerprint density at radius 3 is 2.46 bits per heavy atom. The highest BCUT2D eigenvalue weighted by atomic mass is 32.2. The molecule has 2 heterocycles. The lowest BCUT2D eigenvalue weighted by molar-refractivity contribution is -0.130. The van der Waals surface area contributed by atoms with E-state index < -0.39 is 0 Å². The van der Waals surface area contributed by atoms with E-state index in [2.05, 4.69) is 33.7 Å². The van der Waals surface area contributed by atoms with Gasteiger partial charge in [0.15, 0.2) is 5.16 Å². The van der Waals surface area contributed by atoms with Crippen molar-refractivity contribution >= 4 is 17.7 Å². The number of amides is 1. The number of hydrogen-bond acceptors (Lipinski definition) is 3. The van der Waals surface area contributed by atoms with Gasteiger partial charge in [-0.15, -0.1) is 0 Å². The molecule has 1 aliphatic heterocycles. The van der Waals surface area contributed by atoms with Gasteiger partial charge < -0.3 is 9.47 Å². The van der Waals surface area contributed by atoms with Crippen LogP contribution in [0.3, 0.4) is 0 Å². The molecule has 1 atom stereocenters. The summed E-state index contributed by atoms with van der Waals surface area (Å²) in [6.45, 7) is 3.86. The summed E-state index contributed by atoms with van der Waals surface area (Å²) in [6.07, 6.45) is 9.15. The minimum absolute atomic E-state index is 0.0865. The molecule has 4 nitrogen and oxygen atoms in total. The number of benzene rings is 1. The Balaban J connectivity index is 1.52. The van der Waals surface area contributed by atoms with Crippen LogP contribution in [0.5, 0.6) is 0 Å². The fraction of sp³-hybridized carbons (Fsp3) is 0.524. The normalized spacial score (nSPS) is 19.2. The smallest absolute Gasteiger partial charge is 0.235 e. The maximum atomic E-state index is 12.9. The summed E-state index contributed by atoms with van der Waals surface area (Å²) in [7, 11) is 0. The average Bonchev–Trinajstić information content (AvgIpc) is 3.47. The maximum Gasteiger partial charge on any atom is 0.235 e. The molecule has 26 heavy (non-hydrogen) atoms. The van der Waals surface area contributed by atoms with Crippen molar-refractivity contribution in [2.75, 3.05) is 13.1 Å². The Morgan fingerprint density at radius 2 is 1.81 bits per heavy atom. The van der Waals surface area contributed by atoms with E-state index >= 15 is 0 Å². The first-order valence-electron chi connectivity index (χ1n) is 9.82. The van der Waals surface area contributed by atoms with Crippen molar-refractivity contribution in [1.29, 1.82) is 0 Å². The third-order valence-electron chi connectivity index (χ3n) is 5.29. The largest absolute Gasteiger partial charge is 0.342 e. The zero-order valence-electron chi connectivity index (χ0n) is 15.4. The van der Waals surface area contributed by atoms with Crippen LogP contribution in [0.25, 0.3) is 11.3 Å². The highest BCUT2D eigenvalue weighted by molar-refractivity contribution is 8.00. The van der Waals surface area contributed by atoms with Gasteiger partial charge in [-0.2, -0.15) is 0 Å². The van der Waals surface area contributed by atoms with E-state index in [0.29, 0.717) is 6.04 Å². The van der Waals surface area contributed by atoms with Crippen molar-refractivity contribution < 1.29 is 4.79 Å². The Bertz CT molecular complexity index is 746. The van der Waals surface area contributed by atoms with Gasteiger partial charge in [0, 0.05) is 19.1 Å². The van der Waals surface area contributed by atoms with Gasteiger partial charge in [0.25, 0.3) is 0 Å². The zero-order chi connectivity index (χ0) is 17.9. The second kappa shape index (κ2) is 7.87. The maximum absolute atomic E-state index is 12.9. The molecule has 2 aliphatic rings. The van der Waals surface area contributed by atoms with Crippen LogP contribution in [0, 0.1) is 0 Å². The summed E-state index contributed by atoms with van der Waals surface area (Å²) < 4.78 is 2.35. The molecule has 0 spiro atoms. The topological polar surface area (TPSA) is 38.1 Å². The first-order valence-corrected chi connectivity index (χ1v) is 10.7. The third-order valence-corrected chi connectivity index (χ3v) is 6.36. The molecule has 1 saturated heterocycles. The van der Waals surface area contributed by atoms with Crippen LogP contribution < -0.4 is 0 Å². The fourth-order valence-electron chi connectivity index (χ4n) is 3.70. The Morgan fingerprint density at radius 1 is 1.12 bits per heavy atom. The van der Waals surface area contributed by atoms with E-state index in [9.17, 15) is 4.79 Å². The lowest BCUT2D eigenvalue weighted by Crippen LogP contribution is -2.37. The first-order chi connectivity index (χ1) is 12.7.